The van der Waals surface area contributed by atoms with Crippen LogP contribution in [0.25, 0.3) is 10.8 Å². The van der Waals surface area contributed by atoms with E-state index in [9.17, 15) is 4.79 Å². The predicted octanol–water partition coefficient (Wildman–Crippen LogP) is 4.86. The van der Waals surface area contributed by atoms with Gasteiger partial charge < -0.3 is 4.90 Å². The molecule has 21 heavy (non-hydrogen) atoms. The van der Waals surface area contributed by atoms with Gasteiger partial charge in [-0.1, -0.05) is 61.0 Å². The van der Waals surface area contributed by atoms with Crippen LogP contribution in [0.15, 0.2) is 36.4 Å². The second-order valence-corrected chi connectivity index (χ2v) is 7.46. The molecule has 2 nitrogen and oxygen atoms in total. The Labute approximate surface area is 134 Å². The number of hydrogen-bond donors (Lipinski definition) is 0. The number of hydrogen-bond acceptors (Lipinski definition) is 1. The number of carbonyl (C=O) groups excluding carboxylic acids is 1. The van der Waals surface area contributed by atoms with Crippen LogP contribution in [0.2, 0.25) is 0 Å². The third kappa shape index (κ3) is 2.38. The summed E-state index contributed by atoms with van der Waals surface area (Å²) in [6.07, 6.45) is 0. The minimum atomic E-state index is 0.136. The highest BCUT2D eigenvalue weighted by molar-refractivity contribution is 9.09. The quantitative estimate of drug-likeness (QED) is 0.727. The Balaban J connectivity index is 2.04. The number of carbonyl (C=O) groups is 1. The second-order valence-electron chi connectivity index (χ2n) is 6.81. The zero-order valence-electron chi connectivity index (χ0n) is 12.7. The van der Waals surface area contributed by atoms with E-state index in [4.69, 9.17) is 0 Å². The maximum Gasteiger partial charge on any atom is 0.259 e. The van der Waals surface area contributed by atoms with Gasteiger partial charge in [0.2, 0.25) is 0 Å². The number of alkyl halides is 1. The van der Waals surface area contributed by atoms with Crippen LogP contribution in [-0.4, -0.2) is 17.8 Å². The highest BCUT2D eigenvalue weighted by atomic mass is 79.9. The summed E-state index contributed by atoms with van der Waals surface area (Å²) < 4.78 is 0. The molecule has 0 radical (unpaired) electrons. The van der Waals surface area contributed by atoms with E-state index >= 15 is 0 Å². The smallest absolute Gasteiger partial charge is 0.259 e. The summed E-state index contributed by atoms with van der Waals surface area (Å²) in [6.45, 7) is 7.44. The molecule has 0 spiro atoms. The molecular formula is C18H20BrNO. The van der Waals surface area contributed by atoms with Crippen LogP contribution < -0.4 is 4.90 Å². The van der Waals surface area contributed by atoms with Crippen molar-refractivity contribution in [3.8, 4) is 0 Å². The lowest BCUT2D eigenvalue weighted by atomic mass is 9.82. The van der Waals surface area contributed by atoms with Crippen molar-refractivity contribution >= 4 is 38.3 Å². The summed E-state index contributed by atoms with van der Waals surface area (Å²) in [6, 6.07) is 12.1. The molecule has 0 saturated carbocycles. The number of rotatable bonds is 3. The van der Waals surface area contributed by atoms with Crippen molar-refractivity contribution in [2.75, 3.05) is 16.8 Å². The number of nitrogens with zero attached hydrogens (tertiary/aromatic N) is 1. The average molecular weight is 346 g/mol. The van der Waals surface area contributed by atoms with E-state index < -0.39 is 0 Å². The number of halogens is 1. The third-order valence-electron chi connectivity index (χ3n) is 4.46. The molecule has 3 heteroatoms. The van der Waals surface area contributed by atoms with Crippen molar-refractivity contribution in [2.45, 2.75) is 20.8 Å². The molecule has 0 fully saturated rings. The molecule has 110 valence electrons. The molecule has 2 aromatic rings. The highest BCUT2D eigenvalue weighted by Gasteiger charge is 2.34. The third-order valence-corrected chi connectivity index (χ3v) is 5.24. The molecule has 2 aromatic carbocycles. The molecule has 0 bridgehead atoms. The Morgan fingerprint density at radius 3 is 2.43 bits per heavy atom. The molecule has 1 unspecified atom stereocenters. The molecule has 0 aromatic heterocycles. The number of amides is 1. The zero-order chi connectivity index (χ0) is 15.2. The van der Waals surface area contributed by atoms with E-state index in [2.05, 4.69) is 54.9 Å². The minimum Gasteiger partial charge on any atom is -0.307 e. The normalized spacial score (nSPS) is 15.8. The van der Waals surface area contributed by atoms with Crippen LogP contribution in [0.5, 0.6) is 0 Å². The molecule has 1 amide bonds. The first-order chi connectivity index (χ1) is 9.93. The molecule has 0 N–H and O–H groups in total. The molecule has 1 aliphatic rings. The highest BCUT2D eigenvalue weighted by Crippen LogP contribution is 2.39. The Morgan fingerprint density at radius 2 is 1.81 bits per heavy atom. The lowest BCUT2D eigenvalue weighted by Gasteiger charge is -2.33. The molecule has 0 aliphatic carbocycles. The fraction of sp³-hybridized carbons (Fsp3) is 0.389. The molecule has 1 heterocycles. The fourth-order valence-corrected chi connectivity index (χ4v) is 4.11. The van der Waals surface area contributed by atoms with Gasteiger partial charge in [-0.2, -0.15) is 0 Å². The van der Waals surface area contributed by atoms with Gasteiger partial charge in [0.15, 0.2) is 0 Å². The van der Waals surface area contributed by atoms with Crippen molar-refractivity contribution in [2.24, 2.45) is 11.3 Å². The Morgan fingerprint density at radius 1 is 1.14 bits per heavy atom. The first-order valence-electron chi connectivity index (χ1n) is 7.33. The molecule has 3 rings (SSSR count). The number of anilines is 1. The van der Waals surface area contributed by atoms with Crippen molar-refractivity contribution in [1.29, 1.82) is 0 Å². The van der Waals surface area contributed by atoms with Gasteiger partial charge in [0.25, 0.3) is 5.91 Å². The maximum atomic E-state index is 12.8. The average Bonchev–Trinajstić information content (AvgIpc) is 2.71. The monoisotopic (exact) mass is 345 g/mol. The van der Waals surface area contributed by atoms with Gasteiger partial charge in [-0.3, -0.25) is 4.79 Å². The van der Waals surface area contributed by atoms with Gasteiger partial charge in [0.05, 0.1) is 5.69 Å². The summed E-state index contributed by atoms with van der Waals surface area (Å²) in [5.41, 5.74) is 2.06. The van der Waals surface area contributed by atoms with Crippen molar-refractivity contribution < 1.29 is 4.79 Å². The number of benzene rings is 2. The molecule has 1 atom stereocenters. The standard InChI is InChI=1S/C18H20BrNO/c1-18(2,3)13(10-19)11-20-15-9-5-7-12-6-4-8-14(16(12)15)17(20)21/h4-9,13H,10-11H2,1-3H3. The van der Waals surface area contributed by atoms with E-state index in [0.717, 1.165) is 33.9 Å². The topological polar surface area (TPSA) is 20.3 Å². The predicted molar refractivity (Wildman–Crippen MR) is 92.4 cm³/mol. The Bertz CT molecular complexity index is 697. The van der Waals surface area contributed by atoms with Gasteiger partial charge in [0, 0.05) is 22.8 Å². The van der Waals surface area contributed by atoms with Crippen LogP contribution >= 0.6 is 15.9 Å². The Kier molecular flexibility index (Phi) is 3.56. The summed E-state index contributed by atoms with van der Waals surface area (Å²) in [5.74, 6) is 0.544. The zero-order valence-corrected chi connectivity index (χ0v) is 14.3. The van der Waals surface area contributed by atoms with E-state index in [-0.39, 0.29) is 11.3 Å². The molecule has 0 saturated heterocycles. The lowest BCUT2D eigenvalue weighted by molar-refractivity contribution is 0.0983. The summed E-state index contributed by atoms with van der Waals surface area (Å²) in [4.78, 5) is 14.7. The molecular weight excluding hydrogens is 326 g/mol. The van der Waals surface area contributed by atoms with Crippen LogP contribution in [0.1, 0.15) is 31.1 Å². The Hall–Kier alpha value is -1.35. The van der Waals surface area contributed by atoms with Crippen molar-refractivity contribution in [3.05, 3.63) is 42.0 Å². The van der Waals surface area contributed by atoms with Gasteiger partial charge in [-0.15, -0.1) is 0 Å². The van der Waals surface area contributed by atoms with E-state index in [0.29, 0.717) is 5.92 Å². The van der Waals surface area contributed by atoms with Crippen LogP contribution in [0.4, 0.5) is 5.69 Å². The largest absolute Gasteiger partial charge is 0.307 e. The first-order valence-corrected chi connectivity index (χ1v) is 8.45. The lowest BCUT2D eigenvalue weighted by Crippen LogP contribution is -2.38. The van der Waals surface area contributed by atoms with Gasteiger partial charge >= 0.3 is 0 Å². The summed E-state index contributed by atoms with van der Waals surface area (Å²) in [7, 11) is 0. The first kappa shape index (κ1) is 14.6. The SMILES string of the molecule is CC(C)(C)C(CBr)CN1C(=O)c2cccc3cccc1c23. The van der Waals surface area contributed by atoms with Crippen molar-refractivity contribution in [1.82, 2.24) is 0 Å². The second kappa shape index (κ2) is 5.13. The van der Waals surface area contributed by atoms with Gasteiger partial charge in [0.1, 0.15) is 0 Å². The van der Waals surface area contributed by atoms with E-state index in [1.807, 2.05) is 23.1 Å². The van der Waals surface area contributed by atoms with Crippen LogP contribution in [0, 0.1) is 11.3 Å². The van der Waals surface area contributed by atoms with Gasteiger partial charge in [-0.25, -0.2) is 0 Å². The van der Waals surface area contributed by atoms with E-state index in [1.165, 1.54) is 0 Å². The summed E-state index contributed by atoms with van der Waals surface area (Å²) >= 11 is 3.61. The van der Waals surface area contributed by atoms with Crippen LogP contribution in [-0.2, 0) is 0 Å². The van der Waals surface area contributed by atoms with Crippen LogP contribution in [0.3, 0.4) is 0 Å². The van der Waals surface area contributed by atoms with Gasteiger partial charge in [-0.05, 0) is 28.9 Å². The molecule has 1 aliphatic heterocycles. The van der Waals surface area contributed by atoms with Crippen molar-refractivity contribution in [3.63, 3.8) is 0 Å². The maximum absolute atomic E-state index is 12.8. The minimum absolute atomic E-state index is 0.136. The fourth-order valence-electron chi connectivity index (χ4n) is 2.93. The summed E-state index contributed by atoms with van der Waals surface area (Å²) in [5, 5.41) is 3.14. The van der Waals surface area contributed by atoms with E-state index in [1.54, 1.807) is 0 Å².